The third kappa shape index (κ3) is 5.16. The number of aromatic nitrogens is 2. The van der Waals surface area contributed by atoms with Gasteiger partial charge >= 0.3 is 0 Å². The van der Waals surface area contributed by atoms with Gasteiger partial charge in [-0.1, -0.05) is 29.3 Å². The van der Waals surface area contributed by atoms with Gasteiger partial charge in [0.2, 0.25) is 5.91 Å². The summed E-state index contributed by atoms with van der Waals surface area (Å²) >= 11 is 0. The molecule has 1 fully saturated rings. The number of rotatable bonds is 6. The summed E-state index contributed by atoms with van der Waals surface area (Å²) in [6.45, 7) is 9.81. The van der Waals surface area contributed by atoms with Crippen molar-refractivity contribution >= 4 is 5.91 Å². The van der Waals surface area contributed by atoms with Gasteiger partial charge in [-0.25, -0.2) is 4.98 Å². The van der Waals surface area contributed by atoms with E-state index in [9.17, 15) is 4.79 Å². The molecular weight excluding hydrogens is 312 g/mol. The first-order valence-corrected chi connectivity index (χ1v) is 9.13. The van der Waals surface area contributed by atoms with Crippen LogP contribution in [0.1, 0.15) is 23.1 Å². The number of carbonyl (C=O) groups is 1. The molecule has 0 saturated carbocycles. The van der Waals surface area contributed by atoms with Crippen LogP contribution in [-0.2, 0) is 17.8 Å². The topological polar surface area (TPSA) is 41.4 Å². The van der Waals surface area contributed by atoms with E-state index in [1.807, 2.05) is 23.6 Å². The smallest absolute Gasteiger partial charge is 0.222 e. The van der Waals surface area contributed by atoms with E-state index < -0.39 is 0 Å². The molecule has 5 nitrogen and oxygen atoms in total. The number of hydrogen-bond acceptors (Lipinski definition) is 3. The van der Waals surface area contributed by atoms with Crippen LogP contribution in [0.2, 0.25) is 0 Å². The Labute approximate surface area is 150 Å². The highest BCUT2D eigenvalue weighted by Gasteiger charge is 2.20. The quantitative estimate of drug-likeness (QED) is 0.810. The molecule has 1 aliphatic heterocycles. The SMILES string of the molecule is Cc1cc(C)cc(CCC(=O)N2CCN(CCn3ccnc3)CC2)c1. The molecule has 3 rings (SSSR count). The molecule has 0 bridgehead atoms. The van der Waals surface area contributed by atoms with E-state index >= 15 is 0 Å². The fourth-order valence-electron chi connectivity index (χ4n) is 3.52. The van der Waals surface area contributed by atoms with Crippen LogP contribution >= 0.6 is 0 Å². The Balaban J connectivity index is 1.40. The Morgan fingerprint density at radius 1 is 1.04 bits per heavy atom. The minimum absolute atomic E-state index is 0.286. The van der Waals surface area contributed by atoms with Crippen molar-refractivity contribution in [2.24, 2.45) is 0 Å². The van der Waals surface area contributed by atoms with Gasteiger partial charge in [0.05, 0.1) is 6.33 Å². The van der Waals surface area contributed by atoms with Crippen LogP contribution in [0.5, 0.6) is 0 Å². The average molecular weight is 340 g/mol. The Morgan fingerprint density at radius 2 is 1.76 bits per heavy atom. The van der Waals surface area contributed by atoms with Gasteiger partial charge < -0.3 is 9.47 Å². The Bertz CT molecular complexity index is 667. The fraction of sp³-hybridized carbons (Fsp3) is 0.500. The molecule has 1 amide bonds. The molecule has 0 spiro atoms. The summed E-state index contributed by atoms with van der Waals surface area (Å²) in [6.07, 6.45) is 7.10. The maximum Gasteiger partial charge on any atom is 0.222 e. The highest BCUT2D eigenvalue weighted by Crippen LogP contribution is 2.12. The van der Waals surface area contributed by atoms with Crippen LogP contribution in [0.4, 0.5) is 0 Å². The number of hydrogen-bond donors (Lipinski definition) is 0. The van der Waals surface area contributed by atoms with E-state index in [1.54, 1.807) is 0 Å². The third-order valence-corrected chi connectivity index (χ3v) is 4.87. The lowest BCUT2D eigenvalue weighted by Gasteiger charge is -2.34. The van der Waals surface area contributed by atoms with Crippen LogP contribution < -0.4 is 0 Å². The summed E-state index contributed by atoms with van der Waals surface area (Å²) in [7, 11) is 0. The number of carbonyl (C=O) groups excluding carboxylic acids is 1. The standard InChI is InChI=1S/C20H28N4O/c1-17-13-18(2)15-19(14-17)3-4-20(25)24-11-9-22(10-12-24)7-8-23-6-5-21-16-23/h5-6,13-16H,3-4,7-12H2,1-2H3. The Hall–Kier alpha value is -2.14. The maximum atomic E-state index is 12.5. The van der Waals surface area contributed by atoms with E-state index in [4.69, 9.17) is 0 Å². The summed E-state index contributed by atoms with van der Waals surface area (Å²) in [5.41, 5.74) is 3.81. The van der Waals surface area contributed by atoms with E-state index in [0.29, 0.717) is 6.42 Å². The van der Waals surface area contributed by atoms with Crippen molar-refractivity contribution in [3.8, 4) is 0 Å². The number of benzene rings is 1. The molecule has 1 aliphatic rings. The molecule has 134 valence electrons. The number of nitrogens with zero attached hydrogens (tertiary/aromatic N) is 4. The molecule has 0 unspecified atom stereocenters. The van der Waals surface area contributed by atoms with E-state index in [-0.39, 0.29) is 5.91 Å². The second kappa shape index (κ2) is 8.30. The zero-order chi connectivity index (χ0) is 17.6. The number of piperazine rings is 1. The van der Waals surface area contributed by atoms with Crippen molar-refractivity contribution in [1.29, 1.82) is 0 Å². The highest BCUT2D eigenvalue weighted by atomic mass is 16.2. The molecule has 1 aromatic carbocycles. The van der Waals surface area contributed by atoms with Crippen molar-refractivity contribution < 1.29 is 4.79 Å². The second-order valence-corrected chi connectivity index (χ2v) is 7.02. The first kappa shape index (κ1) is 17.7. The molecule has 0 N–H and O–H groups in total. The zero-order valence-corrected chi connectivity index (χ0v) is 15.3. The predicted octanol–water partition coefficient (Wildman–Crippen LogP) is 2.28. The van der Waals surface area contributed by atoms with Gasteiger partial charge in [-0.3, -0.25) is 9.69 Å². The minimum Gasteiger partial charge on any atom is -0.340 e. The van der Waals surface area contributed by atoms with Crippen LogP contribution in [0.3, 0.4) is 0 Å². The van der Waals surface area contributed by atoms with Crippen LogP contribution in [0, 0.1) is 13.8 Å². The van der Waals surface area contributed by atoms with Gasteiger partial charge in [0.15, 0.2) is 0 Å². The van der Waals surface area contributed by atoms with Gasteiger partial charge in [-0.2, -0.15) is 0 Å². The number of amides is 1. The Morgan fingerprint density at radius 3 is 2.40 bits per heavy atom. The van der Waals surface area contributed by atoms with Crippen LogP contribution in [0.15, 0.2) is 36.9 Å². The highest BCUT2D eigenvalue weighted by molar-refractivity contribution is 5.76. The first-order chi connectivity index (χ1) is 12.1. The van der Waals surface area contributed by atoms with E-state index in [2.05, 4.69) is 46.5 Å². The van der Waals surface area contributed by atoms with Crippen LogP contribution in [-0.4, -0.2) is 58.0 Å². The lowest BCUT2D eigenvalue weighted by molar-refractivity contribution is -0.132. The molecule has 1 saturated heterocycles. The molecule has 1 aromatic heterocycles. The second-order valence-electron chi connectivity index (χ2n) is 7.02. The lowest BCUT2D eigenvalue weighted by Crippen LogP contribution is -2.49. The van der Waals surface area contributed by atoms with Crippen molar-refractivity contribution in [3.63, 3.8) is 0 Å². The zero-order valence-electron chi connectivity index (χ0n) is 15.3. The van der Waals surface area contributed by atoms with Gasteiger partial charge in [0.1, 0.15) is 0 Å². The van der Waals surface area contributed by atoms with Crippen LogP contribution in [0.25, 0.3) is 0 Å². The monoisotopic (exact) mass is 340 g/mol. The summed E-state index contributed by atoms with van der Waals surface area (Å²) in [5.74, 6) is 0.286. The Kier molecular flexibility index (Phi) is 5.87. The molecule has 25 heavy (non-hydrogen) atoms. The molecule has 5 heteroatoms. The van der Waals surface area contributed by atoms with Crippen molar-refractivity contribution in [3.05, 3.63) is 53.6 Å². The fourth-order valence-corrected chi connectivity index (χ4v) is 3.52. The molecule has 0 atom stereocenters. The van der Waals surface area contributed by atoms with Crippen molar-refractivity contribution in [2.75, 3.05) is 32.7 Å². The molecule has 0 aliphatic carbocycles. The van der Waals surface area contributed by atoms with Crippen molar-refractivity contribution in [2.45, 2.75) is 33.2 Å². The molecule has 2 heterocycles. The van der Waals surface area contributed by atoms with E-state index in [1.165, 1.54) is 16.7 Å². The number of imidazole rings is 1. The van der Waals surface area contributed by atoms with Gasteiger partial charge in [0, 0.05) is 58.1 Å². The lowest BCUT2D eigenvalue weighted by atomic mass is 10.0. The van der Waals surface area contributed by atoms with Gasteiger partial charge in [0.25, 0.3) is 0 Å². The summed E-state index contributed by atoms with van der Waals surface area (Å²) in [4.78, 5) is 21.0. The number of aryl methyl sites for hydroxylation is 3. The van der Waals surface area contributed by atoms with Gasteiger partial charge in [-0.05, 0) is 25.8 Å². The minimum atomic E-state index is 0.286. The summed E-state index contributed by atoms with van der Waals surface area (Å²) in [6, 6.07) is 6.55. The molecule has 2 aromatic rings. The molecular formula is C20H28N4O. The third-order valence-electron chi connectivity index (χ3n) is 4.87. The van der Waals surface area contributed by atoms with Crippen molar-refractivity contribution in [1.82, 2.24) is 19.4 Å². The first-order valence-electron chi connectivity index (χ1n) is 9.13. The summed E-state index contributed by atoms with van der Waals surface area (Å²) < 4.78 is 2.10. The predicted molar refractivity (Wildman–Crippen MR) is 99.5 cm³/mol. The summed E-state index contributed by atoms with van der Waals surface area (Å²) in [5, 5.41) is 0. The average Bonchev–Trinajstić information content (AvgIpc) is 3.11. The van der Waals surface area contributed by atoms with E-state index in [0.717, 1.165) is 45.7 Å². The largest absolute Gasteiger partial charge is 0.340 e. The molecule has 0 radical (unpaired) electrons. The van der Waals surface area contributed by atoms with Gasteiger partial charge in [-0.15, -0.1) is 0 Å². The maximum absolute atomic E-state index is 12.5. The normalized spacial score (nSPS) is 15.5.